The lowest BCUT2D eigenvalue weighted by atomic mass is 10.2. The zero-order valence-electron chi connectivity index (χ0n) is 24.7. The second-order valence-corrected chi connectivity index (χ2v) is 14.2. The van der Waals surface area contributed by atoms with Gasteiger partial charge in [-0.2, -0.15) is 5.10 Å². The number of para-hydroxylation sites is 1. The van der Waals surface area contributed by atoms with Crippen LogP contribution in [0.15, 0.2) is 96.9 Å². The highest BCUT2D eigenvalue weighted by Gasteiger charge is 2.26. The van der Waals surface area contributed by atoms with Crippen LogP contribution in [0, 0.1) is 0 Å². The van der Waals surface area contributed by atoms with E-state index >= 15 is 0 Å². The average molecular weight is 650 g/mol. The summed E-state index contributed by atoms with van der Waals surface area (Å²) < 4.78 is 26.0. The minimum atomic E-state index is -3.34. The number of nitrogens with zero attached hydrogens (tertiary/aromatic N) is 5. The summed E-state index contributed by atoms with van der Waals surface area (Å²) in [6.45, 7) is 14.0. The first kappa shape index (κ1) is 31.9. The van der Waals surface area contributed by atoms with Crippen molar-refractivity contribution in [3.05, 3.63) is 103 Å². The highest BCUT2D eigenvalue weighted by molar-refractivity contribution is 7.90. The largest absolute Gasteiger partial charge is 0.335 e. The van der Waals surface area contributed by atoms with Gasteiger partial charge in [-0.25, -0.2) is 13.1 Å². The van der Waals surface area contributed by atoms with Crippen molar-refractivity contribution < 1.29 is 13.2 Å². The van der Waals surface area contributed by atoms with Gasteiger partial charge in [0.1, 0.15) is 0 Å². The van der Waals surface area contributed by atoms with E-state index in [0.29, 0.717) is 29.5 Å². The van der Waals surface area contributed by atoms with Gasteiger partial charge in [-0.05, 0) is 48.0 Å². The van der Waals surface area contributed by atoms with Crippen molar-refractivity contribution in [3.8, 4) is 26.7 Å². The SMILES string of the molecule is C=CCN(CC=C)CCN1CCN(C(=O)c2cc(-c3ccc(-c4cccc(S(C)(=O)=O)c4)s3)n(-c3ccccc3Cl)n2)CC1. The van der Waals surface area contributed by atoms with Gasteiger partial charge in [0.15, 0.2) is 15.5 Å². The van der Waals surface area contributed by atoms with Gasteiger partial charge in [-0.3, -0.25) is 14.6 Å². The van der Waals surface area contributed by atoms with E-state index in [1.807, 2.05) is 59.5 Å². The van der Waals surface area contributed by atoms with Crippen LogP contribution >= 0.6 is 22.9 Å². The van der Waals surface area contributed by atoms with Crippen molar-refractivity contribution >= 4 is 38.7 Å². The maximum Gasteiger partial charge on any atom is 0.274 e. The molecule has 0 bridgehead atoms. The maximum atomic E-state index is 13.7. The number of carbonyl (C=O) groups excluding carboxylic acids is 1. The summed E-state index contributed by atoms with van der Waals surface area (Å²) in [7, 11) is -3.34. The van der Waals surface area contributed by atoms with E-state index in [0.717, 1.165) is 60.3 Å². The summed E-state index contributed by atoms with van der Waals surface area (Å²) in [5.74, 6) is -0.116. The minimum absolute atomic E-state index is 0.116. The Morgan fingerprint density at radius 1 is 0.977 bits per heavy atom. The fourth-order valence-corrected chi connectivity index (χ4v) is 7.11. The smallest absolute Gasteiger partial charge is 0.274 e. The number of thiophene rings is 1. The quantitative estimate of drug-likeness (QED) is 0.182. The predicted octanol–water partition coefficient (Wildman–Crippen LogP) is 5.76. The number of halogens is 1. The van der Waals surface area contributed by atoms with Crippen molar-refractivity contribution in [2.75, 3.05) is 58.6 Å². The molecular formula is C33H36ClN5O3S2. The summed E-state index contributed by atoms with van der Waals surface area (Å²) in [5.41, 5.74) is 2.57. The molecule has 230 valence electrons. The van der Waals surface area contributed by atoms with Crippen LogP contribution in [-0.2, 0) is 9.84 Å². The van der Waals surface area contributed by atoms with Gasteiger partial charge in [0.25, 0.3) is 5.91 Å². The van der Waals surface area contributed by atoms with E-state index in [9.17, 15) is 13.2 Å². The Bertz CT molecular complexity index is 1750. The predicted molar refractivity (Wildman–Crippen MR) is 180 cm³/mol. The summed E-state index contributed by atoms with van der Waals surface area (Å²) in [6, 6.07) is 20.1. The summed E-state index contributed by atoms with van der Waals surface area (Å²) in [5, 5.41) is 5.29. The van der Waals surface area contributed by atoms with Crippen molar-refractivity contribution in [2.24, 2.45) is 0 Å². The molecule has 1 fully saturated rings. The molecule has 1 aliphatic rings. The molecule has 0 N–H and O–H groups in total. The van der Waals surface area contributed by atoms with Crippen LogP contribution in [0.25, 0.3) is 26.7 Å². The van der Waals surface area contributed by atoms with Gasteiger partial charge >= 0.3 is 0 Å². The van der Waals surface area contributed by atoms with E-state index in [1.165, 1.54) is 17.6 Å². The molecule has 1 amide bonds. The molecule has 1 saturated heterocycles. The number of hydrogen-bond acceptors (Lipinski definition) is 7. The monoisotopic (exact) mass is 649 g/mol. The van der Waals surface area contributed by atoms with Gasteiger partial charge in [0.05, 0.1) is 26.2 Å². The third-order valence-electron chi connectivity index (χ3n) is 7.58. The Hall–Kier alpha value is -3.54. The highest BCUT2D eigenvalue weighted by Crippen LogP contribution is 2.37. The van der Waals surface area contributed by atoms with Crippen molar-refractivity contribution in [1.29, 1.82) is 0 Å². The first-order valence-electron chi connectivity index (χ1n) is 14.4. The molecule has 0 radical (unpaired) electrons. The molecule has 11 heteroatoms. The van der Waals surface area contributed by atoms with Gasteiger partial charge < -0.3 is 4.90 Å². The number of benzene rings is 2. The zero-order valence-corrected chi connectivity index (χ0v) is 27.1. The van der Waals surface area contributed by atoms with E-state index < -0.39 is 9.84 Å². The first-order chi connectivity index (χ1) is 21.2. The molecule has 0 unspecified atom stereocenters. The third kappa shape index (κ3) is 7.39. The molecule has 8 nitrogen and oxygen atoms in total. The number of aromatic nitrogens is 2. The van der Waals surface area contributed by atoms with Gasteiger partial charge in [-0.15, -0.1) is 24.5 Å². The van der Waals surface area contributed by atoms with Crippen LogP contribution in [0.4, 0.5) is 0 Å². The van der Waals surface area contributed by atoms with Crippen molar-refractivity contribution in [3.63, 3.8) is 0 Å². The summed E-state index contributed by atoms with van der Waals surface area (Å²) >= 11 is 8.10. The Morgan fingerprint density at radius 3 is 2.36 bits per heavy atom. The van der Waals surface area contributed by atoms with Crippen LogP contribution in [-0.4, -0.2) is 97.4 Å². The number of carbonyl (C=O) groups is 1. The lowest BCUT2D eigenvalue weighted by molar-refractivity contribution is 0.0620. The Kier molecular flexibility index (Phi) is 10.2. The summed E-state index contributed by atoms with van der Waals surface area (Å²) in [6.07, 6.45) is 5.02. The second kappa shape index (κ2) is 14.0. The second-order valence-electron chi connectivity index (χ2n) is 10.7. The lowest BCUT2D eigenvalue weighted by Gasteiger charge is -2.35. The number of rotatable bonds is 12. The van der Waals surface area contributed by atoms with Crippen LogP contribution in [0.2, 0.25) is 5.02 Å². The number of amides is 1. The molecular weight excluding hydrogens is 614 g/mol. The zero-order chi connectivity index (χ0) is 31.3. The Morgan fingerprint density at radius 2 is 1.68 bits per heavy atom. The number of sulfone groups is 1. The van der Waals surface area contributed by atoms with Gasteiger partial charge in [-0.1, -0.05) is 48.0 Å². The molecule has 2 aromatic carbocycles. The van der Waals surface area contributed by atoms with Gasteiger partial charge in [0, 0.05) is 63.5 Å². The maximum absolute atomic E-state index is 13.7. The molecule has 44 heavy (non-hydrogen) atoms. The van der Waals surface area contributed by atoms with E-state index in [2.05, 4.69) is 23.0 Å². The molecule has 0 spiro atoms. The van der Waals surface area contributed by atoms with Gasteiger partial charge in [0.2, 0.25) is 0 Å². The molecule has 0 atom stereocenters. The molecule has 1 aliphatic heterocycles. The van der Waals surface area contributed by atoms with Crippen LogP contribution in [0.3, 0.4) is 0 Å². The van der Waals surface area contributed by atoms with Crippen molar-refractivity contribution in [2.45, 2.75) is 4.90 Å². The van der Waals surface area contributed by atoms with E-state index in [1.54, 1.807) is 28.9 Å². The molecule has 3 heterocycles. The lowest BCUT2D eigenvalue weighted by Crippen LogP contribution is -2.50. The Labute approximate surface area is 268 Å². The van der Waals surface area contributed by atoms with E-state index in [4.69, 9.17) is 16.7 Å². The first-order valence-corrected chi connectivity index (χ1v) is 17.5. The number of hydrogen-bond donors (Lipinski definition) is 0. The molecule has 0 saturated carbocycles. The van der Waals surface area contributed by atoms with Crippen molar-refractivity contribution in [1.82, 2.24) is 24.5 Å². The summed E-state index contributed by atoms with van der Waals surface area (Å²) in [4.78, 5) is 22.3. The minimum Gasteiger partial charge on any atom is -0.335 e. The van der Waals surface area contributed by atoms with E-state index in [-0.39, 0.29) is 10.8 Å². The highest BCUT2D eigenvalue weighted by atomic mass is 35.5. The van der Waals surface area contributed by atoms with Crippen LogP contribution < -0.4 is 0 Å². The fourth-order valence-electron chi connectivity index (χ4n) is 5.22. The molecule has 4 aromatic rings. The average Bonchev–Trinajstić information content (AvgIpc) is 3.68. The normalized spacial score (nSPS) is 14.2. The molecule has 2 aromatic heterocycles. The van der Waals surface area contributed by atoms with Crippen LogP contribution in [0.5, 0.6) is 0 Å². The molecule has 5 rings (SSSR count). The standard InChI is InChI=1S/C33H36ClN5O3S2/c1-4-15-36(16-5-2)17-18-37-19-21-38(22-20-37)33(40)28-24-30(39(35-28)29-12-7-6-11-27(29)34)32-14-13-31(43-32)25-9-8-10-26(23-25)44(3,41)42/h4-14,23-24H,1-2,15-22H2,3H3. The topological polar surface area (TPSA) is 78.8 Å². The fraction of sp³-hybridized carbons (Fsp3) is 0.273. The third-order valence-corrected chi connectivity index (χ3v) is 10.2. The van der Waals surface area contributed by atoms with Crippen LogP contribution in [0.1, 0.15) is 10.5 Å². The molecule has 0 aliphatic carbocycles. The Balaban J connectivity index is 1.38. The number of piperazine rings is 1.